The molecule has 0 heterocycles. The Kier molecular flexibility index (Phi) is 8.78. The molecule has 8 aliphatic carbocycles. The molecular weight excluding hydrogens is 564 g/mol. The zero-order valence-corrected chi connectivity index (χ0v) is 26.3. The molecule has 13 rings (SSSR count). The first-order valence-electron chi connectivity index (χ1n) is 16.5. The largest absolute Gasteiger partial charge is 0.508 e. The van der Waals surface area contributed by atoms with Crippen LogP contribution in [0.4, 0.5) is 0 Å². The second-order valence-electron chi connectivity index (χ2n) is 12.5. The minimum absolute atomic E-state index is 0.363. The molecule has 8 bridgehead atoms. The summed E-state index contributed by atoms with van der Waals surface area (Å²) in [5.41, 5.74) is 13.4. The summed E-state index contributed by atoms with van der Waals surface area (Å²) >= 11 is 0. The Morgan fingerprint density at radius 3 is 1.85 bits per heavy atom. The Morgan fingerprint density at radius 2 is 1.11 bits per heavy atom. The molecule has 4 heteroatoms. The van der Waals surface area contributed by atoms with E-state index in [2.05, 4.69) is 91.0 Å². The molecule has 0 amide bonds. The van der Waals surface area contributed by atoms with Crippen molar-refractivity contribution >= 4 is 11.9 Å². The predicted octanol–water partition coefficient (Wildman–Crippen LogP) is 7.82. The van der Waals surface area contributed by atoms with Crippen molar-refractivity contribution in [2.24, 2.45) is 9.98 Å². The third kappa shape index (κ3) is 6.67. The van der Waals surface area contributed by atoms with Gasteiger partial charge in [-0.1, -0.05) is 91.0 Å². The molecule has 2 N–H and O–H groups in total. The summed E-state index contributed by atoms with van der Waals surface area (Å²) in [7, 11) is 0. The molecule has 0 spiro atoms. The van der Waals surface area contributed by atoms with Gasteiger partial charge in [0.25, 0.3) is 0 Å². The molecule has 0 unspecified atom stereocenters. The molecule has 0 aromatic heterocycles. The third-order valence-corrected chi connectivity index (χ3v) is 9.49. The van der Waals surface area contributed by atoms with Crippen LogP contribution >= 0.6 is 0 Å². The van der Waals surface area contributed by atoms with Gasteiger partial charge in [-0.25, -0.2) is 0 Å². The Bertz CT molecular complexity index is 1910. The maximum absolute atomic E-state index is 11.3. The summed E-state index contributed by atoms with van der Waals surface area (Å²) in [5, 5.41) is 21.8. The lowest BCUT2D eigenvalue weighted by atomic mass is 9.89. The van der Waals surface area contributed by atoms with Gasteiger partial charge in [0, 0.05) is 22.9 Å². The molecule has 0 fully saturated rings. The number of aryl methyl sites for hydroxylation is 8. The maximum Gasteiger partial charge on any atom is 0.127 e. The van der Waals surface area contributed by atoms with Crippen LogP contribution in [0.3, 0.4) is 0 Å². The van der Waals surface area contributed by atoms with E-state index in [1.165, 1.54) is 27.8 Å². The van der Waals surface area contributed by atoms with Gasteiger partial charge in [-0.05, 0) is 108 Å². The van der Waals surface area contributed by atoms with Crippen LogP contribution in [-0.2, 0) is 51.4 Å². The zero-order chi connectivity index (χ0) is 31.3. The van der Waals surface area contributed by atoms with Crippen molar-refractivity contribution in [3.8, 4) is 11.5 Å². The topological polar surface area (TPSA) is 65.2 Å². The number of hydrogen-bond donors (Lipinski definition) is 2. The van der Waals surface area contributed by atoms with Crippen LogP contribution in [0.15, 0.2) is 113 Å². The molecule has 0 atom stereocenters. The molecule has 8 aliphatic rings. The highest BCUT2D eigenvalue weighted by atomic mass is 16.3. The van der Waals surface area contributed by atoms with Crippen molar-refractivity contribution in [2.45, 2.75) is 51.4 Å². The predicted molar refractivity (Wildman–Crippen MR) is 188 cm³/mol. The molecule has 0 radical (unpaired) electrons. The van der Waals surface area contributed by atoms with Crippen molar-refractivity contribution in [2.75, 3.05) is 13.1 Å². The summed E-state index contributed by atoms with van der Waals surface area (Å²) in [6.45, 7) is 1.07. The third-order valence-electron chi connectivity index (χ3n) is 9.49. The van der Waals surface area contributed by atoms with Crippen LogP contribution in [-0.4, -0.2) is 35.2 Å². The van der Waals surface area contributed by atoms with Gasteiger partial charge >= 0.3 is 0 Å². The highest BCUT2D eigenvalue weighted by Crippen LogP contribution is 2.29. The van der Waals surface area contributed by atoms with Crippen LogP contribution in [0, 0.1) is 0 Å². The summed E-state index contributed by atoms with van der Waals surface area (Å²) in [4.78, 5) is 10.00. The number of hydrogen-bond acceptors (Lipinski definition) is 4. The van der Waals surface area contributed by atoms with Crippen molar-refractivity contribution in [1.82, 2.24) is 0 Å². The van der Waals surface area contributed by atoms with Gasteiger partial charge < -0.3 is 10.2 Å². The summed E-state index contributed by atoms with van der Waals surface area (Å²) < 4.78 is 0. The van der Waals surface area contributed by atoms with Gasteiger partial charge in [-0.3, -0.25) is 9.98 Å². The minimum atomic E-state index is 0.363. The van der Waals surface area contributed by atoms with Crippen LogP contribution in [0.1, 0.15) is 61.2 Å². The molecule has 5 aromatic rings. The fourth-order valence-corrected chi connectivity index (χ4v) is 6.74. The number of rotatable bonds is 6. The van der Waals surface area contributed by atoms with E-state index in [0.717, 1.165) is 90.5 Å². The Hall–Kier alpha value is -4.96. The van der Waals surface area contributed by atoms with Crippen molar-refractivity contribution in [3.05, 3.63) is 164 Å². The molecule has 0 aliphatic heterocycles. The molecule has 46 heavy (non-hydrogen) atoms. The van der Waals surface area contributed by atoms with Gasteiger partial charge in [0.05, 0.1) is 18.8 Å². The van der Waals surface area contributed by atoms with Crippen LogP contribution in [0.25, 0.3) is 0 Å². The fourth-order valence-electron chi connectivity index (χ4n) is 6.74. The maximum atomic E-state index is 11.3. The minimum Gasteiger partial charge on any atom is -0.508 e. The van der Waals surface area contributed by atoms with E-state index in [4.69, 9.17) is 9.98 Å². The quantitative estimate of drug-likeness (QED) is 0.153. The van der Waals surface area contributed by atoms with Crippen LogP contribution < -0.4 is 0 Å². The average Bonchev–Trinajstić information content (AvgIpc) is 3.07. The van der Waals surface area contributed by atoms with E-state index in [1.807, 2.05) is 18.3 Å². The SMILES string of the molecule is Oc1cc2ccc1CCc1ccc(c(C(=NCCN=Cc3c4ccc(c3O)CCc3ccc(cc3)CC4)c3ccccc3)c1)CC2. The second kappa shape index (κ2) is 13.6. The Labute approximate surface area is 271 Å². The summed E-state index contributed by atoms with van der Waals surface area (Å²) in [5.74, 6) is 0.766. The highest BCUT2D eigenvalue weighted by molar-refractivity contribution is 6.13. The van der Waals surface area contributed by atoms with E-state index in [-0.39, 0.29) is 0 Å². The normalized spacial score (nSPS) is 14.7. The van der Waals surface area contributed by atoms with Gasteiger partial charge in [-0.15, -0.1) is 0 Å². The first-order valence-corrected chi connectivity index (χ1v) is 16.5. The van der Waals surface area contributed by atoms with Gasteiger partial charge in [0.1, 0.15) is 11.5 Å². The van der Waals surface area contributed by atoms with Crippen molar-refractivity contribution in [3.63, 3.8) is 0 Å². The molecule has 4 nitrogen and oxygen atoms in total. The number of aliphatic imine (C=N–C) groups is 2. The second-order valence-corrected chi connectivity index (χ2v) is 12.5. The van der Waals surface area contributed by atoms with Crippen LogP contribution in [0.2, 0.25) is 0 Å². The smallest absolute Gasteiger partial charge is 0.127 e. The Balaban J connectivity index is 1.15. The van der Waals surface area contributed by atoms with E-state index < -0.39 is 0 Å². The lowest BCUT2D eigenvalue weighted by Gasteiger charge is -2.17. The van der Waals surface area contributed by atoms with E-state index >= 15 is 0 Å². The number of benzene rings is 5. The monoisotopic (exact) mass is 604 g/mol. The summed E-state index contributed by atoms with van der Waals surface area (Å²) in [6, 6.07) is 36.5. The number of nitrogens with zero attached hydrogens (tertiary/aromatic N) is 2. The fraction of sp³-hybridized carbons (Fsp3) is 0.238. The molecule has 230 valence electrons. The van der Waals surface area contributed by atoms with E-state index in [9.17, 15) is 10.2 Å². The average molecular weight is 605 g/mol. The Morgan fingerprint density at radius 1 is 0.543 bits per heavy atom. The van der Waals surface area contributed by atoms with Gasteiger partial charge in [0.2, 0.25) is 0 Å². The lowest BCUT2D eigenvalue weighted by Crippen LogP contribution is -2.11. The highest BCUT2D eigenvalue weighted by Gasteiger charge is 2.16. The number of phenols is 2. The molecule has 0 saturated heterocycles. The van der Waals surface area contributed by atoms with Crippen LogP contribution in [0.5, 0.6) is 11.5 Å². The lowest BCUT2D eigenvalue weighted by molar-refractivity contribution is 0.466. The summed E-state index contributed by atoms with van der Waals surface area (Å²) in [6.07, 6.45) is 8.70. The standard InChI is InChI=1S/C42H40N2O2/c45-40-27-32-13-18-33-17-12-31(14-19-35(40)20-15-32)26-38(33)41(36-4-2-1-3-5-36)44-25-24-43-28-39-34-16-10-29-6-8-30(9-7-29)11-21-37(23-22-34)42(39)46/h1-9,12,15,17,20,22-23,26-28,45-46H,10-11,13-14,16,18-19,21,24-25H2. The number of aromatic hydroxyl groups is 2. The van der Waals surface area contributed by atoms with Crippen molar-refractivity contribution in [1.29, 1.82) is 0 Å². The first kappa shape index (κ1) is 29.7. The van der Waals surface area contributed by atoms with Gasteiger partial charge in [0.15, 0.2) is 0 Å². The first-order chi connectivity index (χ1) is 22.6. The van der Waals surface area contributed by atoms with Gasteiger partial charge in [-0.2, -0.15) is 0 Å². The van der Waals surface area contributed by atoms with E-state index in [1.54, 1.807) is 0 Å². The molecule has 5 aromatic carbocycles. The van der Waals surface area contributed by atoms with Crippen molar-refractivity contribution < 1.29 is 10.2 Å². The van der Waals surface area contributed by atoms with E-state index in [0.29, 0.717) is 24.6 Å². The number of phenolic OH excluding ortho intramolecular Hbond substituents is 2. The molecular formula is C42H40N2O2. The molecule has 0 saturated carbocycles. The zero-order valence-electron chi connectivity index (χ0n) is 26.3.